The van der Waals surface area contributed by atoms with E-state index in [1.807, 2.05) is 13.8 Å². The third kappa shape index (κ3) is 4.88. The summed E-state index contributed by atoms with van der Waals surface area (Å²) in [5.41, 5.74) is 1.04. The second-order valence-corrected chi connectivity index (χ2v) is 11.7. The molecular formula is C16H32O2Si. The fraction of sp³-hybridized carbons (Fsp3) is 0.812. The Kier molecular flexibility index (Phi) is 6.70. The van der Waals surface area contributed by atoms with Crippen LogP contribution in [-0.2, 0) is 9.22 Å². The van der Waals surface area contributed by atoms with E-state index in [-0.39, 0.29) is 22.8 Å². The van der Waals surface area contributed by atoms with Crippen LogP contribution in [0.5, 0.6) is 0 Å². The predicted molar refractivity (Wildman–Crippen MR) is 86.0 cm³/mol. The summed E-state index contributed by atoms with van der Waals surface area (Å²) in [5, 5.41) is 0.147. The molecule has 0 unspecified atom stereocenters. The smallest absolute Gasteiger partial charge is 0.192 e. The maximum Gasteiger partial charge on any atom is 0.192 e. The van der Waals surface area contributed by atoms with Crippen molar-refractivity contribution in [3.8, 4) is 0 Å². The first kappa shape index (κ1) is 18.6. The second-order valence-electron chi connectivity index (χ2n) is 6.92. The molecule has 0 saturated carbocycles. The van der Waals surface area contributed by atoms with Gasteiger partial charge in [-0.25, -0.2) is 0 Å². The molecule has 19 heavy (non-hydrogen) atoms. The van der Waals surface area contributed by atoms with E-state index in [9.17, 15) is 4.79 Å². The van der Waals surface area contributed by atoms with Crippen LogP contribution in [0.3, 0.4) is 0 Å². The van der Waals surface area contributed by atoms with E-state index >= 15 is 0 Å². The van der Waals surface area contributed by atoms with Crippen LogP contribution < -0.4 is 0 Å². The monoisotopic (exact) mass is 284 g/mol. The van der Waals surface area contributed by atoms with Crippen LogP contribution in [0.25, 0.3) is 0 Å². The van der Waals surface area contributed by atoms with E-state index in [0.29, 0.717) is 6.42 Å². The van der Waals surface area contributed by atoms with Crippen molar-refractivity contribution in [1.29, 1.82) is 0 Å². The lowest BCUT2D eigenvalue weighted by atomic mass is 9.92. The minimum atomic E-state index is -1.88. The van der Waals surface area contributed by atoms with Crippen LogP contribution in [0.15, 0.2) is 12.2 Å². The molecule has 0 aliphatic carbocycles. The molecule has 0 aromatic rings. The first-order chi connectivity index (χ1) is 8.47. The average molecular weight is 285 g/mol. The summed E-state index contributed by atoms with van der Waals surface area (Å²) < 4.78 is 6.46. The number of Topliss-reactive ketones (excluding diaryl/α,β-unsaturated/α-hetero) is 1. The van der Waals surface area contributed by atoms with Gasteiger partial charge in [-0.15, -0.1) is 0 Å². The molecule has 0 spiro atoms. The first-order valence-corrected chi connectivity index (χ1v) is 10.3. The molecule has 0 aromatic heterocycles. The molecule has 0 amide bonds. The van der Waals surface area contributed by atoms with Crippen molar-refractivity contribution in [1.82, 2.24) is 0 Å². The zero-order valence-corrected chi connectivity index (χ0v) is 15.1. The van der Waals surface area contributed by atoms with Crippen molar-refractivity contribution >= 4 is 14.1 Å². The van der Waals surface area contributed by atoms with E-state index in [0.717, 1.165) is 12.0 Å². The van der Waals surface area contributed by atoms with E-state index < -0.39 is 8.32 Å². The highest BCUT2D eigenvalue weighted by Crippen LogP contribution is 2.39. The quantitative estimate of drug-likeness (QED) is 0.488. The summed E-state index contributed by atoms with van der Waals surface area (Å²) in [6.45, 7) is 21.2. The number of carbonyl (C=O) groups excluding carboxylic acids is 1. The molecule has 112 valence electrons. The van der Waals surface area contributed by atoms with Crippen molar-refractivity contribution in [2.75, 3.05) is 0 Å². The molecule has 0 saturated heterocycles. The zero-order valence-electron chi connectivity index (χ0n) is 14.1. The minimum Gasteiger partial charge on any atom is -0.410 e. The molecule has 0 aliphatic heterocycles. The van der Waals surface area contributed by atoms with Gasteiger partial charge in [0.05, 0.1) is 6.10 Å². The van der Waals surface area contributed by atoms with Gasteiger partial charge in [0.1, 0.15) is 5.78 Å². The van der Waals surface area contributed by atoms with Crippen LogP contribution >= 0.6 is 0 Å². The molecule has 0 fully saturated rings. The molecule has 0 heterocycles. The lowest BCUT2D eigenvalue weighted by Gasteiger charge is -2.41. The summed E-state index contributed by atoms with van der Waals surface area (Å²) >= 11 is 0. The Morgan fingerprint density at radius 3 is 2.00 bits per heavy atom. The van der Waals surface area contributed by atoms with Gasteiger partial charge in [0.25, 0.3) is 0 Å². The lowest BCUT2D eigenvalue weighted by molar-refractivity contribution is -0.124. The van der Waals surface area contributed by atoms with Crippen LogP contribution in [0.2, 0.25) is 18.1 Å². The summed E-state index contributed by atoms with van der Waals surface area (Å²) in [7, 11) is -1.88. The largest absolute Gasteiger partial charge is 0.410 e. The highest BCUT2D eigenvalue weighted by atomic mass is 28.4. The average Bonchev–Trinajstić information content (AvgIpc) is 2.31. The van der Waals surface area contributed by atoms with Crippen LogP contribution in [0, 0.1) is 5.92 Å². The summed E-state index contributed by atoms with van der Waals surface area (Å²) in [4.78, 5) is 12.0. The Labute approximate surface area is 120 Å². The van der Waals surface area contributed by atoms with Crippen molar-refractivity contribution < 1.29 is 9.22 Å². The fourth-order valence-electron chi connectivity index (χ4n) is 1.73. The molecule has 0 radical (unpaired) electrons. The molecule has 0 N–H and O–H groups in total. The highest BCUT2D eigenvalue weighted by molar-refractivity contribution is 6.74. The molecule has 0 rings (SSSR count). The van der Waals surface area contributed by atoms with Gasteiger partial charge in [0, 0.05) is 12.3 Å². The van der Waals surface area contributed by atoms with Gasteiger partial charge in [-0.05, 0) is 30.1 Å². The van der Waals surface area contributed by atoms with Crippen molar-refractivity contribution in [3.63, 3.8) is 0 Å². The summed E-state index contributed by atoms with van der Waals surface area (Å²) in [6.07, 6.45) is 1.30. The van der Waals surface area contributed by atoms with Gasteiger partial charge in [-0.3, -0.25) is 4.79 Å². The van der Waals surface area contributed by atoms with E-state index in [4.69, 9.17) is 4.43 Å². The number of ketones is 1. The van der Waals surface area contributed by atoms with Gasteiger partial charge in [0.2, 0.25) is 0 Å². The van der Waals surface area contributed by atoms with E-state index in [2.05, 4.69) is 47.4 Å². The van der Waals surface area contributed by atoms with Gasteiger partial charge in [-0.1, -0.05) is 48.1 Å². The number of hydrogen-bond donors (Lipinski definition) is 0. The Balaban J connectivity index is 5.20. The molecule has 3 heteroatoms. The summed E-state index contributed by atoms with van der Waals surface area (Å²) in [5.74, 6) is 0.171. The maximum atomic E-state index is 12.0. The van der Waals surface area contributed by atoms with Crippen LogP contribution in [0.1, 0.15) is 54.4 Å². The zero-order chi connectivity index (χ0) is 15.4. The maximum absolute atomic E-state index is 12.0. The third-order valence-electron chi connectivity index (χ3n) is 4.39. The second kappa shape index (κ2) is 6.85. The van der Waals surface area contributed by atoms with Crippen LogP contribution in [0.4, 0.5) is 0 Å². The predicted octanol–water partition coefficient (Wildman–Crippen LogP) is 4.96. The molecule has 0 bridgehead atoms. The standard InChI is InChI=1S/C16H32O2Si/c1-10-12(3)15(13(4)14(17)11-2)18-19(8,9)16(5,6)7/h13,15H,3,10-11H2,1-2,4-9H3/t13-,15-/m1/s1. The Bertz CT molecular complexity index is 326. The van der Waals surface area contributed by atoms with Crippen molar-refractivity contribution in [2.45, 2.75) is 78.6 Å². The van der Waals surface area contributed by atoms with E-state index in [1.165, 1.54) is 0 Å². The summed E-state index contributed by atoms with van der Waals surface area (Å²) in [6, 6.07) is 0. The SMILES string of the molecule is C=C(CC)[C@@H](O[Si](C)(C)C(C)(C)C)[C@H](C)C(=O)CC. The lowest BCUT2D eigenvalue weighted by Crippen LogP contribution is -2.47. The molecule has 0 aromatic carbocycles. The number of hydrogen-bond acceptors (Lipinski definition) is 2. The number of carbonyl (C=O) groups is 1. The third-order valence-corrected chi connectivity index (χ3v) is 8.85. The van der Waals surface area contributed by atoms with Crippen molar-refractivity contribution in [3.05, 3.63) is 12.2 Å². The molecule has 0 aliphatic rings. The Morgan fingerprint density at radius 2 is 1.68 bits per heavy atom. The number of rotatable bonds is 7. The van der Waals surface area contributed by atoms with Crippen molar-refractivity contribution in [2.24, 2.45) is 5.92 Å². The minimum absolute atomic E-state index is 0.0911. The Hall–Kier alpha value is -0.413. The van der Waals surface area contributed by atoms with E-state index in [1.54, 1.807) is 0 Å². The van der Waals surface area contributed by atoms with Gasteiger partial charge < -0.3 is 4.43 Å². The highest BCUT2D eigenvalue weighted by Gasteiger charge is 2.41. The van der Waals surface area contributed by atoms with Gasteiger partial charge in [0.15, 0.2) is 8.32 Å². The van der Waals surface area contributed by atoms with Gasteiger partial charge in [-0.2, -0.15) is 0 Å². The molecular weight excluding hydrogens is 252 g/mol. The van der Waals surface area contributed by atoms with Crippen LogP contribution in [-0.4, -0.2) is 20.2 Å². The first-order valence-electron chi connectivity index (χ1n) is 7.36. The Morgan fingerprint density at radius 1 is 1.21 bits per heavy atom. The molecule has 2 nitrogen and oxygen atoms in total. The topological polar surface area (TPSA) is 26.3 Å². The molecule has 2 atom stereocenters. The normalized spacial score (nSPS) is 16.0. The fourth-order valence-corrected chi connectivity index (χ4v) is 3.08. The van der Waals surface area contributed by atoms with Gasteiger partial charge >= 0.3 is 0 Å².